The van der Waals surface area contributed by atoms with E-state index in [1.54, 1.807) is 0 Å². The molecular weight excluding hydrogens is 218 g/mol. The van der Waals surface area contributed by atoms with Crippen LogP contribution >= 0.6 is 0 Å². The van der Waals surface area contributed by atoms with Gasteiger partial charge in [-0.3, -0.25) is 0 Å². The predicted octanol–water partition coefficient (Wildman–Crippen LogP) is 2.01. The number of aliphatic hydroxyl groups is 1. The molecule has 1 heterocycles. The summed E-state index contributed by atoms with van der Waals surface area (Å²) in [5.74, 6) is 1.23. The highest BCUT2D eigenvalue weighted by atomic mass is 16.6. The Morgan fingerprint density at radius 1 is 1.41 bits per heavy atom. The Balaban J connectivity index is 2.01. The van der Waals surface area contributed by atoms with Gasteiger partial charge in [-0.1, -0.05) is 0 Å². The van der Waals surface area contributed by atoms with Crippen molar-refractivity contribution >= 4 is 6.09 Å². The molecule has 2 rings (SSSR count). The fraction of sp³-hybridized carbons (Fsp3) is 0.923. The van der Waals surface area contributed by atoms with Crippen molar-refractivity contribution < 1.29 is 14.6 Å². The van der Waals surface area contributed by atoms with Gasteiger partial charge in [-0.15, -0.1) is 0 Å². The number of rotatable bonds is 2. The quantitative estimate of drug-likeness (QED) is 0.804. The summed E-state index contributed by atoms with van der Waals surface area (Å²) in [5.41, 5.74) is -0.442. The molecule has 1 amide bonds. The Hall–Kier alpha value is -0.770. The van der Waals surface area contributed by atoms with Crippen molar-refractivity contribution in [1.82, 2.24) is 4.90 Å². The van der Waals surface area contributed by atoms with Crippen LogP contribution in [0.25, 0.3) is 0 Å². The number of hydrogen-bond donors (Lipinski definition) is 1. The molecule has 4 nitrogen and oxygen atoms in total. The fourth-order valence-corrected chi connectivity index (χ4v) is 2.98. The molecule has 2 aliphatic rings. The molecule has 1 N–H and O–H groups in total. The predicted molar refractivity (Wildman–Crippen MR) is 64.6 cm³/mol. The highest BCUT2D eigenvalue weighted by Gasteiger charge is 2.49. The molecule has 3 unspecified atom stereocenters. The minimum atomic E-state index is -0.442. The number of ether oxygens (including phenoxy) is 1. The van der Waals surface area contributed by atoms with E-state index in [9.17, 15) is 4.79 Å². The number of likely N-dealkylation sites (tertiary alicyclic amines) is 1. The van der Waals surface area contributed by atoms with Crippen LogP contribution in [0, 0.1) is 11.8 Å². The van der Waals surface area contributed by atoms with Gasteiger partial charge >= 0.3 is 6.09 Å². The standard InChI is InChI=1S/C13H23NO3/c1-13(2,3)17-12(16)14-8-9-4-5-10(9)11(14)6-7-15/h9-11,15H,4-8H2,1-3H3. The SMILES string of the molecule is CC(C)(C)OC(=O)N1CC2CCC2C1CCO. The first-order valence-electron chi connectivity index (χ1n) is 6.53. The van der Waals surface area contributed by atoms with Crippen molar-refractivity contribution in [3.05, 3.63) is 0 Å². The second kappa shape index (κ2) is 4.48. The zero-order chi connectivity index (χ0) is 12.6. The number of aliphatic hydroxyl groups excluding tert-OH is 1. The van der Waals surface area contributed by atoms with Crippen molar-refractivity contribution in [2.75, 3.05) is 13.2 Å². The molecule has 1 saturated heterocycles. The van der Waals surface area contributed by atoms with Gasteiger partial charge < -0.3 is 14.7 Å². The van der Waals surface area contributed by atoms with Crippen LogP contribution in [0.2, 0.25) is 0 Å². The summed E-state index contributed by atoms with van der Waals surface area (Å²) >= 11 is 0. The van der Waals surface area contributed by atoms with Crippen LogP contribution in [-0.2, 0) is 4.74 Å². The molecule has 2 fully saturated rings. The third kappa shape index (κ3) is 2.57. The maximum Gasteiger partial charge on any atom is 0.410 e. The monoisotopic (exact) mass is 241 g/mol. The second-order valence-electron chi connectivity index (χ2n) is 6.21. The van der Waals surface area contributed by atoms with Crippen LogP contribution in [0.1, 0.15) is 40.0 Å². The topological polar surface area (TPSA) is 49.8 Å². The zero-order valence-electron chi connectivity index (χ0n) is 11.0. The Morgan fingerprint density at radius 3 is 2.59 bits per heavy atom. The maximum atomic E-state index is 12.1. The van der Waals surface area contributed by atoms with Crippen molar-refractivity contribution in [1.29, 1.82) is 0 Å². The Bertz CT molecular complexity index is 298. The minimum absolute atomic E-state index is 0.146. The number of amides is 1. The Kier molecular flexibility index (Phi) is 3.34. The molecule has 98 valence electrons. The van der Waals surface area contributed by atoms with Gasteiger partial charge in [0, 0.05) is 19.2 Å². The number of hydrogen-bond acceptors (Lipinski definition) is 3. The molecule has 0 aromatic carbocycles. The highest BCUT2D eigenvalue weighted by molar-refractivity contribution is 5.69. The van der Waals surface area contributed by atoms with Crippen molar-refractivity contribution in [3.63, 3.8) is 0 Å². The zero-order valence-corrected chi connectivity index (χ0v) is 11.0. The lowest BCUT2D eigenvalue weighted by Gasteiger charge is -2.33. The third-order valence-electron chi connectivity index (χ3n) is 3.85. The highest BCUT2D eigenvalue weighted by Crippen LogP contribution is 2.46. The van der Waals surface area contributed by atoms with Gasteiger partial charge in [0.1, 0.15) is 5.60 Å². The number of fused-ring (bicyclic) bond motifs is 1. The lowest BCUT2D eigenvalue weighted by molar-refractivity contribution is 0.0187. The van der Waals surface area contributed by atoms with Crippen molar-refractivity contribution in [3.8, 4) is 0 Å². The largest absolute Gasteiger partial charge is 0.444 e. The number of carbonyl (C=O) groups excluding carboxylic acids is 1. The molecule has 1 aliphatic carbocycles. The van der Waals surface area contributed by atoms with Gasteiger partial charge in [0.2, 0.25) is 0 Å². The van der Waals surface area contributed by atoms with Gasteiger partial charge in [0.25, 0.3) is 0 Å². The maximum absolute atomic E-state index is 12.1. The molecule has 0 radical (unpaired) electrons. The van der Waals surface area contributed by atoms with E-state index < -0.39 is 5.60 Å². The fourth-order valence-electron chi connectivity index (χ4n) is 2.98. The molecule has 1 saturated carbocycles. The van der Waals surface area contributed by atoms with E-state index in [0.717, 1.165) is 6.54 Å². The summed E-state index contributed by atoms with van der Waals surface area (Å²) in [6.45, 7) is 6.61. The van der Waals surface area contributed by atoms with Crippen LogP contribution in [0.5, 0.6) is 0 Å². The van der Waals surface area contributed by atoms with E-state index in [2.05, 4.69) is 0 Å². The van der Waals surface area contributed by atoms with Crippen LogP contribution in [0.15, 0.2) is 0 Å². The van der Waals surface area contributed by atoms with Gasteiger partial charge in [-0.2, -0.15) is 0 Å². The first-order chi connectivity index (χ1) is 7.92. The molecule has 0 spiro atoms. The molecular formula is C13H23NO3. The van der Waals surface area contributed by atoms with Crippen LogP contribution < -0.4 is 0 Å². The Labute approximate surface area is 103 Å². The second-order valence-corrected chi connectivity index (χ2v) is 6.21. The van der Waals surface area contributed by atoms with Gasteiger partial charge in [0.15, 0.2) is 0 Å². The summed E-state index contributed by atoms with van der Waals surface area (Å²) in [4.78, 5) is 13.9. The molecule has 0 bridgehead atoms. The number of carbonyl (C=O) groups is 1. The van der Waals surface area contributed by atoms with Gasteiger partial charge in [-0.05, 0) is 51.9 Å². The van der Waals surface area contributed by atoms with E-state index in [1.807, 2.05) is 25.7 Å². The molecule has 1 aliphatic heterocycles. The summed E-state index contributed by atoms with van der Waals surface area (Å²) in [6, 6.07) is 0.189. The normalized spacial score (nSPS) is 32.0. The molecule has 3 atom stereocenters. The third-order valence-corrected chi connectivity index (χ3v) is 3.85. The van der Waals surface area contributed by atoms with E-state index >= 15 is 0 Å². The average Bonchev–Trinajstić information content (AvgIpc) is 2.36. The van der Waals surface area contributed by atoms with Gasteiger partial charge in [0.05, 0.1) is 0 Å². The smallest absolute Gasteiger partial charge is 0.410 e. The molecule has 4 heteroatoms. The Morgan fingerprint density at radius 2 is 2.12 bits per heavy atom. The van der Waals surface area contributed by atoms with Crippen LogP contribution in [-0.4, -0.2) is 40.9 Å². The molecule has 0 aromatic rings. The summed E-state index contributed by atoms with van der Waals surface area (Å²) in [7, 11) is 0. The van der Waals surface area contributed by atoms with E-state index in [4.69, 9.17) is 9.84 Å². The summed E-state index contributed by atoms with van der Waals surface area (Å²) in [6.07, 6.45) is 2.87. The van der Waals surface area contributed by atoms with Crippen molar-refractivity contribution in [2.45, 2.75) is 51.7 Å². The number of nitrogens with zero attached hydrogens (tertiary/aromatic N) is 1. The van der Waals surface area contributed by atoms with Gasteiger partial charge in [-0.25, -0.2) is 4.79 Å². The van der Waals surface area contributed by atoms with Crippen molar-refractivity contribution in [2.24, 2.45) is 11.8 Å². The summed E-state index contributed by atoms with van der Waals surface area (Å²) < 4.78 is 5.43. The molecule has 0 aromatic heterocycles. The lowest BCUT2D eigenvalue weighted by atomic mass is 9.72. The van der Waals surface area contributed by atoms with E-state index in [1.165, 1.54) is 12.8 Å². The molecule has 17 heavy (non-hydrogen) atoms. The minimum Gasteiger partial charge on any atom is -0.444 e. The lowest BCUT2D eigenvalue weighted by Crippen LogP contribution is -2.41. The first-order valence-corrected chi connectivity index (χ1v) is 6.53. The van der Waals surface area contributed by atoms with E-state index in [-0.39, 0.29) is 18.7 Å². The first kappa shape index (κ1) is 12.7. The van der Waals surface area contributed by atoms with Crippen LogP contribution in [0.3, 0.4) is 0 Å². The van der Waals surface area contributed by atoms with Crippen LogP contribution in [0.4, 0.5) is 4.79 Å². The average molecular weight is 241 g/mol. The summed E-state index contributed by atoms with van der Waals surface area (Å²) in [5, 5.41) is 9.11. The van der Waals surface area contributed by atoms with E-state index in [0.29, 0.717) is 18.3 Å².